The Balaban J connectivity index is 1.47. The summed E-state index contributed by atoms with van der Waals surface area (Å²) in [5.41, 5.74) is 6.49. The maximum atomic E-state index is 12.4. The van der Waals surface area contributed by atoms with E-state index >= 15 is 0 Å². The molecule has 4 aromatic rings. The van der Waals surface area contributed by atoms with Crippen molar-refractivity contribution in [3.05, 3.63) is 80.1 Å². The second kappa shape index (κ2) is 8.35. The van der Waals surface area contributed by atoms with Gasteiger partial charge in [-0.25, -0.2) is 4.98 Å². The molecule has 1 amide bonds. The van der Waals surface area contributed by atoms with E-state index in [4.69, 9.17) is 4.98 Å². The van der Waals surface area contributed by atoms with Crippen LogP contribution in [0.1, 0.15) is 26.8 Å². The van der Waals surface area contributed by atoms with Gasteiger partial charge in [-0.15, -0.1) is 22.7 Å². The molecular weight excluding hydrogens is 398 g/mol. The predicted octanol–water partition coefficient (Wildman–Crippen LogP) is 5.83. The van der Waals surface area contributed by atoms with Gasteiger partial charge in [-0.2, -0.15) is 0 Å². The van der Waals surface area contributed by atoms with Crippen LogP contribution in [0.25, 0.3) is 11.3 Å². The van der Waals surface area contributed by atoms with E-state index in [0.717, 1.165) is 28.5 Å². The fraction of sp³-hybridized carbons (Fsp3) is 0.217. The van der Waals surface area contributed by atoms with Gasteiger partial charge >= 0.3 is 0 Å². The molecule has 0 aliphatic heterocycles. The molecule has 0 radical (unpaired) electrons. The molecule has 0 bridgehead atoms. The summed E-state index contributed by atoms with van der Waals surface area (Å²) in [6, 6.07) is 14.3. The van der Waals surface area contributed by atoms with Crippen molar-refractivity contribution in [2.45, 2.75) is 33.7 Å². The van der Waals surface area contributed by atoms with E-state index in [-0.39, 0.29) is 12.3 Å². The predicted molar refractivity (Wildman–Crippen MR) is 122 cm³/mol. The van der Waals surface area contributed by atoms with Gasteiger partial charge in [0, 0.05) is 32.9 Å². The summed E-state index contributed by atoms with van der Waals surface area (Å²) >= 11 is 3.31. The van der Waals surface area contributed by atoms with E-state index in [2.05, 4.69) is 47.3 Å². The Hall–Kier alpha value is -2.70. The Morgan fingerprint density at radius 3 is 2.62 bits per heavy atom. The Morgan fingerprint density at radius 2 is 1.90 bits per heavy atom. The molecule has 3 heterocycles. The molecule has 1 N–H and O–H groups in total. The van der Waals surface area contributed by atoms with Gasteiger partial charge < -0.3 is 9.88 Å². The number of aromatic nitrogens is 2. The second-order valence-corrected chi connectivity index (χ2v) is 9.14. The highest BCUT2D eigenvalue weighted by Crippen LogP contribution is 2.29. The normalized spacial score (nSPS) is 11.0. The molecule has 0 fully saturated rings. The minimum absolute atomic E-state index is 0.0436. The number of benzene rings is 1. The summed E-state index contributed by atoms with van der Waals surface area (Å²) in [5.74, 6) is -0.0436. The van der Waals surface area contributed by atoms with E-state index in [0.29, 0.717) is 0 Å². The van der Waals surface area contributed by atoms with Crippen molar-refractivity contribution in [2.75, 3.05) is 5.32 Å². The zero-order chi connectivity index (χ0) is 20.4. The minimum Gasteiger partial charge on any atom is -0.343 e. The van der Waals surface area contributed by atoms with Crippen LogP contribution in [-0.2, 0) is 17.8 Å². The van der Waals surface area contributed by atoms with Crippen molar-refractivity contribution < 1.29 is 4.79 Å². The van der Waals surface area contributed by atoms with E-state index < -0.39 is 0 Å². The third-order valence-corrected chi connectivity index (χ3v) is 6.65. The number of anilines is 1. The van der Waals surface area contributed by atoms with Crippen LogP contribution in [0.3, 0.4) is 0 Å². The second-order valence-electron chi connectivity index (χ2n) is 7.17. The molecule has 1 aromatic carbocycles. The molecule has 6 heteroatoms. The number of hydrogen-bond donors (Lipinski definition) is 1. The highest BCUT2D eigenvalue weighted by atomic mass is 32.1. The van der Waals surface area contributed by atoms with Gasteiger partial charge in [0.1, 0.15) is 5.01 Å². The Labute approximate surface area is 178 Å². The van der Waals surface area contributed by atoms with Crippen molar-refractivity contribution in [3.63, 3.8) is 0 Å². The molecule has 3 aromatic heterocycles. The molecule has 0 saturated heterocycles. The van der Waals surface area contributed by atoms with Crippen LogP contribution in [0.15, 0.2) is 53.2 Å². The van der Waals surface area contributed by atoms with Crippen LogP contribution in [0.2, 0.25) is 0 Å². The smallest absolute Gasteiger partial charge is 0.231 e. The average molecular weight is 422 g/mol. The highest BCUT2D eigenvalue weighted by Gasteiger charge is 2.15. The third kappa shape index (κ3) is 4.49. The largest absolute Gasteiger partial charge is 0.343 e. The van der Waals surface area contributed by atoms with Crippen LogP contribution in [-0.4, -0.2) is 15.5 Å². The fourth-order valence-electron chi connectivity index (χ4n) is 3.36. The minimum atomic E-state index is -0.0436. The molecule has 0 atom stereocenters. The number of nitrogens with zero attached hydrogens (tertiary/aromatic N) is 2. The first kappa shape index (κ1) is 19.6. The number of thiophene rings is 1. The quantitative estimate of drug-likeness (QED) is 0.426. The number of amides is 1. The summed E-state index contributed by atoms with van der Waals surface area (Å²) in [7, 11) is 0. The van der Waals surface area contributed by atoms with Crippen LogP contribution in [0.5, 0.6) is 0 Å². The molecule has 0 spiro atoms. The highest BCUT2D eigenvalue weighted by molar-refractivity contribution is 7.10. The number of thiazole rings is 1. The van der Waals surface area contributed by atoms with Crippen LogP contribution in [0, 0.1) is 20.8 Å². The number of carbonyl (C=O) groups is 1. The third-order valence-electron chi connectivity index (χ3n) is 4.94. The summed E-state index contributed by atoms with van der Waals surface area (Å²) in [6.07, 6.45) is 0.284. The molecule has 0 aliphatic carbocycles. The Bertz CT molecular complexity index is 1120. The van der Waals surface area contributed by atoms with Gasteiger partial charge in [-0.3, -0.25) is 4.79 Å². The molecule has 148 valence electrons. The van der Waals surface area contributed by atoms with E-state index in [1.54, 1.807) is 11.3 Å². The zero-order valence-corrected chi connectivity index (χ0v) is 18.4. The Kier molecular flexibility index (Phi) is 5.65. The zero-order valence-electron chi connectivity index (χ0n) is 16.7. The number of rotatable bonds is 6. The van der Waals surface area contributed by atoms with Gasteiger partial charge in [-0.05, 0) is 50.4 Å². The van der Waals surface area contributed by atoms with Gasteiger partial charge in [0.25, 0.3) is 0 Å². The molecule has 0 aliphatic rings. The standard InChI is InChI=1S/C23H23N3OS2/c1-15-6-8-18(9-7-15)24-22(27)12-23-25-21(14-29-23)20-11-16(2)26(17(20)3)13-19-5-4-10-28-19/h4-11,14H,12-13H2,1-3H3,(H,24,27). The first-order valence-electron chi connectivity index (χ1n) is 9.50. The summed E-state index contributed by atoms with van der Waals surface area (Å²) in [6.45, 7) is 7.18. The van der Waals surface area contributed by atoms with E-state index in [9.17, 15) is 4.79 Å². The lowest BCUT2D eigenvalue weighted by Crippen LogP contribution is -2.14. The van der Waals surface area contributed by atoms with Crippen LogP contribution >= 0.6 is 22.7 Å². The van der Waals surface area contributed by atoms with Gasteiger partial charge in [0.05, 0.1) is 18.7 Å². The number of nitrogens with one attached hydrogen (secondary N) is 1. The number of carbonyl (C=O) groups excluding carboxylic acids is 1. The van der Waals surface area contributed by atoms with Crippen molar-refractivity contribution >= 4 is 34.3 Å². The van der Waals surface area contributed by atoms with E-state index in [1.165, 1.54) is 33.2 Å². The van der Waals surface area contributed by atoms with Crippen LogP contribution in [0.4, 0.5) is 5.69 Å². The Morgan fingerprint density at radius 1 is 1.10 bits per heavy atom. The van der Waals surface area contributed by atoms with Gasteiger partial charge in [-0.1, -0.05) is 23.8 Å². The van der Waals surface area contributed by atoms with Gasteiger partial charge in [0.2, 0.25) is 5.91 Å². The van der Waals surface area contributed by atoms with Crippen molar-refractivity contribution in [2.24, 2.45) is 0 Å². The topological polar surface area (TPSA) is 46.9 Å². The first-order valence-corrected chi connectivity index (χ1v) is 11.3. The summed E-state index contributed by atoms with van der Waals surface area (Å²) in [4.78, 5) is 18.4. The lowest BCUT2D eigenvalue weighted by Gasteiger charge is -2.08. The number of aryl methyl sites for hydroxylation is 2. The van der Waals surface area contributed by atoms with Crippen molar-refractivity contribution in [1.29, 1.82) is 0 Å². The summed E-state index contributed by atoms with van der Waals surface area (Å²) < 4.78 is 2.32. The molecule has 0 unspecified atom stereocenters. The van der Waals surface area contributed by atoms with Gasteiger partial charge in [0.15, 0.2) is 0 Å². The molecule has 29 heavy (non-hydrogen) atoms. The number of hydrogen-bond acceptors (Lipinski definition) is 4. The van der Waals surface area contributed by atoms with Crippen molar-refractivity contribution in [1.82, 2.24) is 9.55 Å². The maximum absolute atomic E-state index is 12.4. The van der Waals surface area contributed by atoms with Crippen LogP contribution < -0.4 is 5.32 Å². The molecule has 4 nitrogen and oxygen atoms in total. The molecule has 0 saturated carbocycles. The van der Waals surface area contributed by atoms with Crippen molar-refractivity contribution in [3.8, 4) is 11.3 Å². The molecular formula is C23H23N3OS2. The fourth-order valence-corrected chi connectivity index (χ4v) is 4.84. The maximum Gasteiger partial charge on any atom is 0.231 e. The van der Waals surface area contributed by atoms with E-state index in [1.807, 2.05) is 36.6 Å². The molecule has 4 rings (SSSR count). The SMILES string of the molecule is Cc1ccc(NC(=O)Cc2nc(-c3cc(C)n(Cc4cccs4)c3C)cs2)cc1. The first-order chi connectivity index (χ1) is 14.0. The monoisotopic (exact) mass is 421 g/mol. The lowest BCUT2D eigenvalue weighted by molar-refractivity contribution is -0.115. The lowest BCUT2D eigenvalue weighted by atomic mass is 10.2. The average Bonchev–Trinajstić information content (AvgIpc) is 3.42. The summed E-state index contributed by atoms with van der Waals surface area (Å²) in [5, 5.41) is 7.92.